The van der Waals surface area contributed by atoms with Crippen LogP contribution in [-0.4, -0.2) is 47.6 Å². The third-order valence-electron chi connectivity index (χ3n) is 2.44. The third-order valence-corrected chi connectivity index (χ3v) is 3.10. The molecule has 0 saturated carbocycles. The van der Waals surface area contributed by atoms with E-state index in [0.29, 0.717) is 28.8 Å². The van der Waals surface area contributed by atoms with Crippen molar-refractivity contribution in [2.75, 3.05) is 31.2 Å². The summed E-state index contributed by atoms with van der Waals surface area (Å²) in [4.78, 5) is 1.76. The van der Waals surface area contributed by atoms with Gasteiger partial charge in [-0.3, -0.25) is 0 Å². The van der Waals surface area contributed by atoms with Crippen molar-refractivity contribution in [3.8, 4) is 0 Å². The van der Waals surface area contributed by atoms with Gasteiger partial charge in [-0.25, -0.2) is 0 Å². The van der Waals surface area contributed by atoms with Crippen LogP contribution in [0.1, 0.15) is 5.56 Å². The number of aliphatic hydroxyl groups excluding tert-OH is 2. The van der Waals surface area contributed by atoms with E-state index in [1.54, 1.807) is 23.1 Å². The van der Waals surface area contributed by atoms with E-state index in [2.05, 4.69) is 21.1 Å². The van der Waals surface area contributed by atoms with Gasteiger partial charge in [0, 0.05) is 23.2 Å². The van der Waals surface area contributed by atoms with Gasteiger partial charge in [-0.05, 0) is 28.1 Å². The predicted molar refractivity (Wildman–Crippen MR) is 73.0 cm³/mol. The van der Waals surface area contributed by atoms with Crippen molar-refractivity contribution in [1.29, 1.82) is 0 Å². The van der Waals surface area contributed by atoms with E-state index in [-0.39, 0.29) is 19.0 Å². The first-order valence-corrected chi connectivity index (χ1v) is 6.18. The molecule has 0 aliphatic carbocycles. The molecule has 100 valence electrons. The number of nitrogens with zero attached hydrogens (tertiary/aromatic N) is 2. The lowest BCUT2D eigenvalue weighted by Gasteiger charge is -2.25. The topological polar surface area (TPSA) is 102 Å². The molecule has 18 heavy (non-hydrogen) atoms. The number of oxime groups is 1. The van der Waals surface area contributed by atoms with E-state index in [9.17, 15) is 0 Å². The Balaban J connectivity index is 3.24. The molecule has 0 saturated heterocycles. The van der Waals surface area contributed by atoms with E-state index in [4.69, 9.17) is 21.2 Å². The van der Waals surface area contributed by atoms with E-state index in [1.165, 1.54) is 0 Å². The van der Waals surface area contributed by atoms with Crippen LogP contribution in [0.5, 0.6) is 0 Å². The molecule has 0 bridgehead atoms. The van der Waals surface area contributed by atoms with Gasteiger partial charge in [0.1, 0.15) is 0 Å². The van der Waals surface area contributed by atoms with Crippen LogP contribution in [0.2, 0.25) is 0 Å². The zero-order valence-corrected chi connectivity index (χ0v) is 11.3. The van der Waals surface area contributed by atoms with E-state index in [1.807, 2.05) is 0 Å². The summed E-state index contributed by atoms with van der Waals surface area (Å²) in [5.74, 6) is -0.0293. The molecule has 7 heteroatoms. The summed E-state index contributed by atoms with van der Waals surface area (Å²) in [6.07, 6.45) is 0. The van der Waals surface area contributed by atoms with Crippen molar-refractivity contribution >= 4 is 27.5 Å². The largest absolute Gasteiger partial charge is 0.409 e. The molecule has 0 fully saturated rings. The summed E-state index contributed by atoms with van der Waals surface area (Å²) in [5, 5.41) is 29.9. The maximum absolute atomic E-state index is 9.03. The molecule has 1 aromatic carbocycles. The molecule has 0 aliphatic rings. The lowest BCUT2D eigenvalue weighted by Crippen LogP contribution is -2.32. The Hall–Kier alpha value is -1.31. The SMILES string of the molecule is N/C(=N/O)c1c(Br)cccc1N(CCO)CCO. The standard InChI is InChI=1S/C11H16BrN3O3/c12-8-2-1-3-9(10(8)11(13)14-18)15(4-6-16)5-7-17/h1-3,16-18H,4-7H2,(H2,13,14). The van der Waals surface area contributed by atoms with Crippen LogP contribution in [-0.2, 0) is 0 Å². The Morgan fingerprint density at radius 2 is 1.89 bits per heavy atom. The molecular weight excluding hydrogens is 302 g/mol. The van der Waals surface area contributed by atoms with Crippen LogP contribution in [0.4, 0.5) is 5.69 Å². The van der Waals surface area contributed by atoms with Gasteiger partial charge in [0.2, 0.25) is 0 Å². The van der Waals surface area contributed by atoms with Crippen LogP contribution in [0.25, 0.3) is 0 Å². The number of benzene rings is 1. The fourth-order valence-electron chi connectivity index (χ4n) is 1.67. The monoisotopic (exact) mass is 317 g/mol. The van der Waals surface area contributed by atoms with E-state index < -0.39 is 0 Å². The third kappa shape index (κ3) is 3.34. The molecule has 5 N–H and O–H groups in total. The lowest BCUT2D eigenvalue weighted by molar-refractivity contribution is 0.281. The highest BCUT2D eigenvalue weighted by molar-refractivity contribution is 9.10. The number of halogens is 1. The number of aliphatic hydroxyl groups is 2. The molecule has 0 unspecified atom stereocenters. The minimum atomic E-state index is -0.0534. The molecule has 0 spiro atoms. The number of rotatable bonds is 6. The van der Waals surface area contributed by atoms with E-state index in [0.717, 1.165) is 0 Å². The summed E-state index contributed by atoms with van der Waals surface area (Å²) in [5.41, 5.74) is 6.86. The Morgan fingerprint density at radius 1 is 1.28 bits per heavy atom. The van der Waals surface area contributed by atoms with Gasteiger partial charge in [-0.2, -0.15) is 0 Å². The normalized spacial score (nSPS) is 11.6. The Morgan fingerprint density at radius 3 is 2.39 bits per heavy atom. The highest BCUT2D eigenvalue weighted by atomic mass is 79.9. The second-order valence-corrected chi connectivity index (χ2v) is 4.41. The first-order chi connectivity index (χ1) is 8.65. The van der Waals surface area contributed by atoms with Gasteiger partial charge in [-0.15, -0.1) is 0 Å². The maximum Gasteiger partial charge on any atom is 0.173 e. The van der Waals surface area contributed by atoms with Gasteiger partial charge < -0.3 is 26.1 Å². The van der Waals surface area contributed by atoms with Crippen LogP contribution in [0.3, 0.4) is 0 Å². The number of anilines is 1. The smallest absolute Gasteiger partial charge is 0.173 e. The zero-order valence-electron chi connectivity index (χ0n) is 9.75. The van der Waals surface area contributed by atoms with Crippen molar-refractivity contribution in [3.63, 3.8) is 0 Å². The average Bonchev–Trinajstić information content (AvgIpc) is 2.37. The molecule has 1 rings (SSSR count). The fourth-order valence-corrected chi connectivity index (χ4v) is 2.23. The second kappa shape index (κ2) is 7.20. The number of amidine groups is 1. The summed E-state index contributed by atoms with van der Waals surface area (Å²) in [7, 11) is 0. The minimum absolute atomic E-state index is 0.0293. The average molecular weight is 318 g/mol. The number of hydrogen-bond donors (Lipinski definition) is 4. The molecule has 0 aromatic heterocycles. The number of nitrogens with two attached hydrogens (primary N) is 1. The van der Waals surface area contributed by atoms with Gasteiger partial charge in [0.15, 0.2) is 5.84 Å². The summed E-state index contributed by atoms with van der Waals surface area (Å²) in [6, 6.07) is 5.35. The quantitative estimate of drug-likeness (QED) is 0.262. The van der Waals surface area contributed by atoms with Gasteiger partial charge in [-0.1, -0.05) is 11.2 Å². The van der Waals surface area contributed by atoms with Crippen LogP contribution < -0.4 is 10.6 Å². The highest BCUT2D eigenvalue weighted by Crippen LogP contribution is 2.27. The van der Waals surface area contributed by atoms with Crippen LogP contribution in [0, 0.1) is 0 Å². The predicted octanol–water partition coefficient (Wildman–Crippen LogP) is 0.335. The molecule has 6 nitrogen and oxygen atoms in total. The van der Waals surface area contributed by atoms with E-state index >= 15 is 0 Å². The lowest BCUT2D eigenvalue weighted by atomic mass is 10.1. The molecule has 0 radical (unpaired) electrons. The Bertz CT molecular complexity index is 420. The summed E-state index contributed by atoms with van der Waals surface area (Å²) in [6.45, 7) is 0.593. The van der Waals surface area contributed by atoms with Crippen molar-refractivity contribution < 1.29 is 15.4 Å². The van der Waals surface area contributed by atoms with Crippen molar-refractivity contribution in [2.45, 2.75) is 0 Å². The second-order valence-electron chi connectivity index (χ2n) is 3.55. The van der Waals surface area contributed by atoms with Crippen LogP contribution >= 0.6 is 15.9 Å². The molecule has 0 heterocycles. The summed E-state index contributed by atoms with van der Waals surface area (Å²) >= 11 is 3.34. The number of hydrogen-bond acceptors (Lipinski definition) is 5. The molecule has 0 atom stereocenters. The first kappa shape index (κ1) is 14.7. The van der Waals surface area contributed by atoms with Crippen LogP contribution in [0.15, 0.2) is 27.8 Å². The van der Waals surface area contributed by atoms with Gasteiger partial charge >= 0.3 is 0 Å². The first-order valence-electron chi connectivity index (χ1n) is 5.38. The molecule has 0 amide bonds. The van der Waals surface area contributed by atoms with Crippen molar-refractivity contribution in [1.82, 2.24) is 0 Å². The summed E-state index contributed by atoms with van der Waals surface area (Å²) < 4.78 is 0.677. The molecule has 0 aliphatic heterocycles. The highest BCUT2D eigenvalue weighted by Gasteiger charge is 2.16. The molecular formula is C11H16BrN3O3. The maximum atomic E-state index is 9.03. The fraction of sp³-hybridized carbons (Fsp3) is 0.364. The van der Waals surface area contributed by atoms with Crippen molar-refractivity contribution in [3.05, 3.63) is 28.2 Å². The Labute approximate surface area is 113 Å². The van der Waals surface area contributed by atoms with Gasteiger partial charge in [0.25, 0.3) is 0 Å². The van der Waals surface area contributed by atoms with Crippen molar-refractivity contribution in [2.24, 2.45) is 10.9 Å². The molecule has 1 aromatic rings. The minimum Gasteiger partial charge on any atom is -0.409 e. The Kier molecular flexibility index (Phi) is 5.90. The van der Waals surface area contributed by atoms with Gasteiger partial charge in [0.05, 0.1) is 18.8 Å². The zero-order chi connectivity index (χ0) is 13.5.